The molecule has 23 heavy (non-hydrogen) atoms. The van der Waals surface area contributed by atoms with E-state index in [4.69, 9.17) is 0 Å². The van der Waals surface area contributed by atoms with Crippen LogP contribution in [-0.2, 0) is 0 Å². The number of aliphatic hydroxyl groups is 1. The Morgan fingerprint density at radius 1 is 1.39 bits per heavy atom. The van der Waals surface area contributed by atoms with Gasteiger partial charge in [-0.1, -0.05) is 25.1 Å². The van der Waals surface area contributed by atoms with Crippen molar-refractivity contribution in [2.45, 2.75) is 32.8 Å². The highest BCUT2D eigenvalue weighted by atomic mass is 127. The Morgan fingerprint density at radius 2 is 2.04 bits per heavy atom. The Morgan fingerprint density at radius 3 is 2.65 bits per heavy atom. The number of nitrogens with zero attached hydrogens (tertiary/aromatic N) is 2. The van der Waals surface area contributed by atoms with Crippen LogP contribution < -0.4 is 5.32 Å². The van der Waals surface area contributed by atoms with E-state index >= 15 is 0 Å². The maximum Gasteiger partial charge on any atom is 0.194 e. The topological polar surface area (TPSA) is 47.9 Å². The number of likely N-dealkylation sites (tertiary alicyclic amines) is 1. The number of aliphatic hydroxyl groups excluding tert-OH is 1. The van der Waals surface area contributed by atoms with Crippen molar-refractivity contribution in [1.29, 1.82) is 0 Å². The Hall–Kier alpha value is -0.890. The van der Waals surface area contributed by atoms with E-state index in [1.54, 1.807) is 18.2 Å². The zero-order valence-corrected chi connectivity index (χ0v) is 16.2. The fourth-order valence-electron chi connectivity index (χ4n) is 2.66. The van der Waals surface area contributed by atoms with E-state index in [1.807, 2.05) is 6.92 Å². The Bertz CT molecular complexity index is 504. The summed E-state index contributed by atoms with van der Waals surface area (Å²) in [5.74, 6) is 1.18. The molecule has 0 saturated carbocycles. The number of hydrogen-bond donors (Lipinski definition) is 2. The van der Waals surface area contributed by atoms with E-state index < -0.39 is 6.10 Å². The summed E-state index contributed by atoms with van der Waals surface area (Å²) in [6.45, 7) is 7.18. The minimum absolute atomic E-state index is 0. The highest BCUT2D eigenvalue weighted by Gasteiger charge is 2.19. The minimum atomic E-state index is -0.918. The zero-order valence-electron chi connectivity index (χ0n) is 13.8. The van der Waals surface area contributed by atoms with Crippen LogP contribution in [0.3, 0.4) is 0 Å². The van der Waals surface area contributed by atoms with Gasteiger partial charge in [0.05, 0.1) is 6.54 Å². The SMILES string of the molecule is CCNC(=NCC(O)c1ccccc1F)N1CCC(C)CC1.I. The average Bonchev–Trinajstić information content (AvgIpc) is 2.52. The molecule has 2 N–H and O–H groups in total. The van der Waals surface area contributed by atoms with Gasteiger partial charge in [0.2, 0.25) is 0 Å². The van der Waals surface area contributed by atoms with Crippen molar-refractivity contribution in [3.8, 4) is 0 Å². The summed E-state index contributed by atoms with van der Waals surface area (Å²) in [6, 6.07) is 6.31. The summed E-state index contributed by atoms with van der Waals surface area (Å²) in [6.07, 6.45) is 1.39. The van der Waals surface area contributed by atoms with E-state index in [2.05, 4.69) is 22.1 Å². The fourth-order valence-corrected chi connectivity index (χ4v) is 2.66. The third kappa shape index (κ3) is 5.91. The zero-order chi connectivity index (χ0) is 15.9. The number of rotatable bonds is 4. The summed E-state index contributed by atoms with van der Waals surface area (Å²) in [7, 11) is 0. The maximum atomic E-state index is 13.7. The predicted molar refractivity (Wildman–Crippen MR) is 103 cm³/mol. The van der Waals surface area contributed by atoms with Gasteiger partial charge >= 0.3 is 0 Å². The van der Waals surface area contributed by atoms with Crippen LogP contribution in [-0.4, -0.2) is 42.1 Å². The molecule has 0 aliphatic carbocycles. The third-order valence-corrected chi connectivity index (χ3v) is 4.10. The van der Waals surface area contributed by atoms with E-state index in [0.29, 0.717) is 5.56 Å². The summed E-state index contributed by atoms with van der Waals surface area (Å²) in [5.41, 5.74) is 0.300. The van der Waals surface area contributed by atoms with Crippen molar-refractivity contribution in [1.82, 2.24) is 10.2 Å². The molecule has 1 saturated heterocycles. The quantitative estimate of drug-likeness (QED) is 0.434. The van der Waals surface area contributed by atoms with Gasteiger partial charge in [-0.05, 0) is 31.7 Å². The number of benzene rings is 1. The largest absolute Gasteiger partial charge is 0.386 e. The summed E-state index contributed by atoms with van der Waals surface area (Å²) in [4.78, 5) is 6.71. The second-order valence-corrected chi connectivity index (χ2v) is 5.90. The third-order valence-electron chi connectivity index (χ3n) is 4.10. The number of halogens is 2. The van der Waals surface area contributed by atoms with Gasteiger partial charge in [0.15, 0.2) is 5.96 Å². The van der Waals surface area contributed by atoms with Crippen LogP contribution in [0.5, 0.6) is 0 Å². The number of piperidine rings is 1. The molecule has 130 valence electrons. The van der Waals surface area contributed by atoms with Crippen molar-refractivity contribution in [3.63, 3.8) is 0 Å². The van der Waals surface area contributed by atoms with Gasteiger partial charge < -0.3 is 15.3 Å². The van der Waals surface area contributed by atoms with Crippen LogP contribution in [0.2, 0.25) is 0 Å². The molecule has 1 aliphatic rings. The van der Waals surface area contributed by atoms with Crippen molar-refractivity contribution in [3.05, 3.63) is 35.6 Å². The van der Waals surface area contributed by atoms with Crippen LogP contribution in [0, 0.1) is 11.7 Å². The average molecular weight is 435 g/mol. The highest BCUT2D eigenvalue weighted by Crippen LogP contribution is 2.18. The maximum absolute atomic E-state index is 13.7. The second kappa shape index (κ2) is 10.1. The van der Waals surface area contributed by atoms with Gasteiger partial charge in [-0.3, -0.25) is 4.99 Å². The molecule has 1 aliphatic heterocycles. The molecule has 0 bridgehead atoms. The molecule has 1 aromatic carbocycles. The molecule has 4 nitrogen and oxygen atoms in total. The Kier molecular flexibility index (Phi) is 8.83. The van der Waals surface area contributed by atoms with E-state index in [1.165, 1.54) is 6.07 Å². The van der Waals surface area contributed by atoms with Gasteiger partial charge in [0, 0.05) is 25.2 Å². The molecular weight excluding hydrogens is 408 g/mol. The highest BCUT2D eigenvalue weighted by molar-refractivity contribution is 14.0. The molecule has 1 unspecified atom stereocenters. The first-order valence-corrected chi connectivity index (χ1v) is 8.07. The van der Waals surface area contributed by atoms with Crippen molar-refractivity contribution < 1.29 is 9.50 Å². The normalized spacial score (nSPS) is 17.6. The summed E-state index contributed by atoms with van der Waals surface area (Å²) in [5, 5.41) is 13.4. The van der Waals surface area contributed by atoms with Crippen LogP contribution in [0.25, 0.3) is 0 Å². The monoisotopic (exact) mass is 435 g/mol. The van der Waals surface area contributed by atoms with Crippen molar-refractivity contribution in [2.75, 3.05) is 26.2 Å². The van der Waals surface area contributed by atoms with Crippen LogP contribution in [0.1, 0.15) is 38.4 Å². The fraction of sp³-hybridized carbons (Fsp3) is 0.588. The molecular formula is C17H27FIN3O. The molecule has 2 rings (SSSR count). The van der Waals surface area contributed by atoms with Crippen molar-refractivity contribution >= 4 is 29.9 Å². The van der Waals surface area contributed by atoms with Gasteiger partial charge in [-0.2, -0.15) is 0 Å². The van der Waals surface area contributed by atoms with Gasteiger partial charge in [0.25, 0.3) is 0 Å². The first kappa shape index (κ1) is 20.2. The first-order valence-electron chi connectivity index (χ1n) is 8.07. The molecule has 1 heterocycles. The molecule has 0 aromatic heterocycles. The number of hydrogen-bond acceptors (Lipinski definition) is 2. The van der Waals surface area contributed by atoms with Gasteiger partial charge in [-0.25, -0.2) is 4.39 Å². The van der Waals surface area contributed by atoms with E-state index in [9.17, 15) is 9.50 Å². The number of aliphatic imine (C=N–C) groups is 1. The summed E-state index contributed by atoms with van der Waals surface area (Å²) >= 11 is 0. The van der Waals surface area contributed by atoms with Crippen molar-refractivity contribution in [2.24, 2.45) is 10.9 Å². The van der Waals surface area contributed by atoms with Crippen LogP contribution in [0.15, 0.2) is 29.3 Å². The number of nitrogens with one attached hydrogen (secondary N) is 1. The van der Waals surface area contributed by atoms with Gasteiger partial charge in [-0.15, -0.1) is 24.0 Å². The predicted octanol–water partition coefficient (Wildman–Crippen LogP) is 3.17. The molecule has 6 heteroatoms. The van der Waals surface area contributed by atoms with Gasteiger partial charge in [0.1, 0.15) is 11.9 Å². The minimum Gasteiger partial charge on any atom is -0.386 e. The molecule has 1 atom stereocenters. The van der Waals surface area contributed by atoms with Crippen LogP contribution in [0.4, 0.5) is 4.39 Å². The van der Waals surface area contributed by atoms with Crippen LogP contribution >= 0.6 is 24.0 Å². The first-order chi connectivity index (χ1) is 10.6. The molecule has 1 aromatic rings. The summed E-state index contributed by atoms with van der Waals surface area (Å²) < 4.78 is 13.7. The molecule has 1 fully saturated rings. The lowest BCUT2D eigenvalue weighted by Crippen LogP contribution is -2.45. The Labute approximate surface area is 155 Å². The number of guanidine groups is 1. The lowest BCUT2D eigenvalue weighted by molar-refractivity contribution is 0.181. The smallest absolute Gasteiger partial charge is 0.194 e. The van der Waals surface area contributed by atoms with E-state index in [0.717, 1.165) is 44.4 Å². The lowest BCUT2D eigenvalue weighted by Gasteiger charge is -2.33. The standard InChI is InChI=1S/C17H26FN3O.HI/c1-3-19-17(21-10-8-13(2)9-11-21)20-12-16(22)14-6-4-5-7-15(14)18;/h4-7,13,16,22H,3,8-12H2,1-2H3,(H,19,20);1H. The molecule has 0 spiro atoms. The molecule has 0 radical (unpaired) electrons. The lowest BCUT2D eigenvalue weighted by atomic mass is 9.99. The van der Waals surface area contributed by atoms with E-state index in [-0.39, 0.29) is 36.3 Å². The second-order valence-electron chi connectivity index (χ2n) is 5.90. The Balaban J connectivity index is 0.00000264. The molecule has 0 amide bonds.